The molecule has 0 aliphatic carbocycles. The van der Waals surface area contributed by atoms with Crippen LogP contribution >= 0.6 is 0 Å². The molecule has 1 nitrogen and oxygen atoms in total. The molecule has 100 valence electrons. The highest BCUT2D eigenvalue weighted by molar-refractivity contribution is 5.54. The molecule has 2 aromatic rings. The zero-order valence-electron chi connectivity index (χ0n) is 12.1. The number of hydrogen-bond donors (Lipinski definition) is 1. The fourth-order valence-corrected chi connectivity index (χ4v) is 2.27. The largest absolute Gasteiger partial charge is 0.382 e. The van der Waals surface area contributed by atoms with E-state index >= 15 is 0 Å². The van der Waals surface area contributed by atoms with Crippen molar-refractivity contribution < 1.29 is 0 Å². The Bertz CT molecular complexity index is 516. The van der Waals surface area contributed by atoms with Gasteiger partial charge in [-0.15, -0.1) is 0 Å². The Kier molecular flexibility index (Phi) is 4.62. The average Bonchev–Trinajstić information content (AvgIpc) is 2.43. The van der Waals surface area contributed by atoms with Gasteiger partial charge >= 0.3 is 0 Å². The summed E-state index contributed by atoms with van der Waals surface area (Å²) in [7, 11) is 0. The third kappa shape index (κ3) is 3.85. The molecule has 2 rings (SSSR count). The number of hydrogen-bond acceptors (Lipinski definition) is 1. The fourth-order valence-electron chi connectivity index (χ4n) is 2.27. The van der Waals surface area contributed by atoms with Crippen molar-refractivity contribution in [2.24, 2.45) is 0 Å². The molecule has 0 aromatic heterocycles. The van der Waals surface area contributed by atoms with Gasteiger partial charge in [-0.05, 0) is 56.4 Å². The van der Waals surface area contributed by atoms with Gasteiger partial charge in [-0.1, -0.05) is 42.5 Å². The van der Waals surface area contributed by atoms with Crippen LogP contribution in [0.5, 0.6) is 0 Å². The first-order chi connectivity index (χ1) is 9.16. The first kappa shape index (κ1) is 13.7. The first-order valence-corrected chi connectivity index (χ1v) is 7.03. The minimum absolute atomic E-state index is 0.487. The smallest absolute Gasteiger partial charge is 0.0374 e. The monoisotopic (exact) mass is 253 g/mol. The summed E-state index contributed by atoms with van der Waals surface area (Å²) in [6, 6.07) is 17.6. The second-order valence-corrected chi connectivity index (χ2v) is 5.32. The Morgan fingerprint density at radius 3 is 2.42 bits per heavy atom. The summed E-state index contributed by atoms with van der Waals surface area (Å²) < 4.78 is 0. The summed E-state index contributed by atoms with van der Waals surface area (Å²) in [6.07, 6.45) is 2.28. The first-order valence-electron chi connectivity index (χ1n) is 7.03. The lowest BCUT2D eigenvalue weighted by molar-refractivity contribution is 0.705. The van der Waals surface area contributed by atoms with Gasteiger partial charge in [0.1, 0.15) is 0 Å². The van der Waals surface area contributed by atoms with E-state index in [0.29, 0.717) is 6.04 Å². The van der Waals surface area contributed by atoms with Gasteiger partial charge in [0.15, 0.2) is 0 Å². The van der Waals surface area contributed by atoms with E-state index in [-0.39, 0.29) is 0 Å². The van der Waals surface area contributed by atoms with E-state index in [1.165, 1.54) is 22.4 Å². The Labute approximate surface area is 116 Å². The average molecular weight is 253 g/mol. The highest BCUT2D eigenvalue weighted by atomic mass is 14.9. The van der Waals surface area contributed by atoms with E-state index in [9.17, 15) is 0 Å². The van der Waals surface area contributed by atoms with Crippen LogP contribution in [0.15, 0.2) is 48.5 Å². The molecule has 2 aromatic carbocycles. The molecule has 19 heavy (non-hydrogen) atoms. The number of rotatable bonds is 5. The highest BCUT2D eigenvalue weighted by Gasteiger charge is 2.05. The van der Waals surface area contributed by atoms with E-state index in [0.717, 1.165) is 12.8 Å². The molecule has 0 bridgehead atoms. The topological polar surface area (TPSA) is 12.0 Å². The second-order valence-electron chi connectivity index (χ2n) is 5.32. The van der Waals surface area contributed by atoms with Crippen molar-refractivity contribution in [3.63, 3.8) is 0 Å². The molecule has 0 saturated carbocycles. The lowest BCUT2D eigenvalue weighted by Crippen LogP contribution is -2.16. The third-order valence-corrected chi connectivity index (χ3v) is 3.72. The van der Waals surface area contributed by atoms with E-state index in [1.807, 2.05) is 0 Å². The molecule has 1 N–H and O–H groups in total. The lowest BCUT2D eigenvalue weighted by atomic mass is 10.0. The van der Waals surface area contributed by atoms with E-state index < -0.39 is 0 Å². The van der Waals surface area contributed by atoms with Crippen LogP contribution in [0.3, 0.4) is 0 Å². The van der Waals surface area contributed by atoms with E-state index in [4.69, 9.17) is 0 Å². The van der Waals surface area contributed by atoms with Gasteiger partial charge in [0.2, 0.25) is 0 Å². The van der Waals surface area contributed by atoms with Crippen molar-refractivity contribution in [2.75, 3.05) is 5.32 Å². The van der Waals surface area contributed by atoms with Crippen molar-refractivity contribution in [3.8, 4) is 0 Å². The summed E-state index contributed by atoms with van der Waals surface area (Å²) in [6.45, 7) is 6.60. The number of anilines is 1. The van der Waals surface area contributed by atoms with Crippen LogP contribution in [0, 0.1) is 13.8 Å². The summed E-state index contributed by atoms with van der Waals surface area (Å²) in [5.41, 5.74) is 5.38. The molecule has 0 saturated heterocycles. The molecule has 1 unspecified atom stereocenters. The quantitative estimate of drug-likeness (QED) is 0.811. The van der Waals surface area contributed by atoms with Crippen LogP contribution in [0.4, 0.5) is 5.69 Å². The van der Waals surface area contributed by atoms with E-state index in [1.54, 1.807) is 0 Å². The molecule has 1 heteroatoms. The minimum Gasteiger partial charge on any atom is -0.382 e. The van der Waals surface area contributed by atoms with Gasteiger partial charge in [0.25, 0.3) is 0 Å². The Morgan fingerprint density at radius 2 is 1.68 bits per heavy atom. The van der Waals surface area contributed by atoms with Gasteiger partial charge in [-0.25, -0.2) is 0 Å². The van der Waals surface area contributed by atoms with Crippen molar-refractivity contribution >= 4 is 5.69 Å². The standard InChI is InChI=1S/C18H23N/c1-14-8-7-11-18(16(14)3)19-15(2)12-13-17-9-5-4-6-10-17/h4-11,15,19H,12-13H2,1-3H3. The summed E-state index contributed by atoms with van der Waals surface area (Å²) in [5, 5.41) is 3.62. The maximum absolute atomic E-state index is 3.62. The molecular formula is C18H23N. The molecule has 0 radical (unpaired) electrons. The van der Waals surface area contributed by atoms with Gasteiger partial charge < -0.3 is 5.32 Å². The zero-order valence-corrected chi connectivity index (χ0v) is 12.1. The van der Waals surface area contributed by atoms with Gasteiger partial charge in [0.05, 0.1) is 0 Å². The summed E-state index contributed by atoms with van der Waals surface area (Å²) >= 11 is 0. The molecular weight excluding hydrogens is 230 g/mol. The zero-order chi connectivity index (χ0) is 13.7. The molecule has 0 aliphatic heterocycles. The Balaban J connectivity index is 1.91. The molecule has 0 fully saturated rings. The van der Waals surface area contributed by atoms with Gasteiger partial charge in [-0.3, -0.25) is 0 Å². The van der Waals surface area contributed by atoms with Crippen molar-refractivity contribution in [3.05, 3.63) is 65.2 Å². The molecule has 0 heterocycles. The van der Waals surface area contributed by atoms with Crippen LogP contribution in [0.1, 0.15) is 30.0 Å². The molecule has 0 aliphatic rings. The maximum Gasteiger partial charge on any atom is 0.0374 e. The van der Waals surface area contributed by atoms with Crippen molar-refractivity contribution in [2.45, 2.75) is 39.7 Å². The van der Waals surface area contributed by atoms with E-state index in [2.05, 4.69) is 74.6 Å². The van der Waals surface area contributed by atoms with Crippen molar-refractivity contribution in [1.82, 2.24) is 0 Å². The predicted octanol–water partition coefficient (Wildman–Crippen LogP) is 4.74. The van der Waals surface area contributed by atoms with Crippen LogP contribution in [-0.4, -0.2) is 6.04 Å². The minimum atomic E-state index is 0.487. The summed E-state index contributed by atoms with van der Waals surface area (Å²) in [4.78, 5) is 0. The van der Waals surface area contributed by atoms with Gasteiger partial charge in [-0.2, -0.15) is 0 Å². The predicted molar refractivity (Wildman–Crippen MR) is 83.8 cm³/mol. The molecule has 0 amide bonds. The maximum atomic E-state index is 3.62. The van der Waals surface area contributed by atoms with Crippen LogP contribution < -0.4 is 5.32 Å². The van der Waals surface area contributed by atoms with Crippen molar-refractivity contribution in [1.29, 1.82) is 0 Å². The van der Waals surface area contributed by atoms with Crippen LogP contribution in [0.25, 0.3) is 0 Å². The number of benzene rings is 2. The number of nitrogens with one attached hydrogen (secondary N) is 1. The fraction of sp³-hybridized carbons (Fsp3) is 0.333. The van der Waals surface area contributed by atoms with Crippen LogP contribution in [-0.2, 0) is 6.42 Å². The van der Waals surface area contributed by atoms with Gasteiger partial charge in [0, 0.05) is 11.7 Å². The van der Waals surface area contributed by atoms with Crippen LogP contribution in [0.2, 0.25) is 0 Å². The Morgan fingerprint density at radius 1 is 0.947 bits per heavy atom. The SMILES string of the molecule is Cc1cccc(NC(C)CCc2ccccc2)c1C. The molecule has 0 spiro atoms. The third-order valence-electron chi connectivity index (χ3n) is 3.72. The highest BCUT2D eigenvalue weighted by Crippen LogP contribution is 2.19. The second kappa shape index (κ2) is 6.42. The summed E-state index contributed by atoms with van der Waals surface area (Å²) in [5.74, 6) is 0. The molecule has 1 atom stereocenters. The Hall–Kier alpha value is -1.76. The number of aryl methyl sites for hydroxylation is 2. The normalized spacial score (nSPS) is 12.2. The lowest BCUT2D eigenvalue weighted by Gasteiger charge is -2.18.